The summed E-state index contributed by atoms with van der Waals surface area (Å²) in [6.45, 7) is 0. The summed E-state index contributed by atoms with van der Waals surface area (Å²) in [5, 5.41) is 16.1. The van der Waals surface area contributed by atoms with Gasteiger partial charge in [-0.05, 0) is 12.1 Å². The zero-order chi connectivity index (χ0) is 12.1. The number of nitrogens with one attached hydrogen (secondary N) is 2. The third kappa shape index (κ3) is 2.74. The van der Waals surface area contributed by atoms with Crippen LogP contribution in [-0.2, 0) is 0 Å². The van der Waals surface area contributed by atoms with Gasteiger partial charge in [0.05, 0.1) is 0 Å². The van der Waals surface area contributed by atoms with Gasteiger partial charge < -0.3 is 22.0 Å². The van der Waals surface area contributed by atoms with Crippen LogP contribution in [0.3, 0.4) is 0 Å². The van der Waals surface area contributed by atoms with Gasteiger partial charge in [0, 0.05) is 12.6 Å². The van der Waals surface area contributed by atoms with Crippen LogP contribution in [0.4, 0.5) is 16.4 Å². The number of urea groups is 1. The number of oxime groups is 1. The average molecular weight is 224 g/mol. The molecule has 0 saturated heterocycles. The number of aromatic nitrogens is 1. The molecule has 0 aliphatic rings. The number of amides is 2. The summed E-state index contributed by atoms with van der Waals surface area (Å²) in [4.78, 5) is 14.9. The lowest BCUT2D eigenvalue weighted by Crippen LogP contribution is -2.25. The highest BCUT2D eigenvalue weighted by Gasteiger charge is 2.06. The second-order valence-corrected chi connectivity index (χ2v) is 2.86. The van der Waals surface area contributed by atoms with Gasteiger partial charge in [-0.3, -0.25) is 5.32 Å². The molecule has 2 amide bonds. The van der Waals surface area contributed by atoms with Crippen molar-refractivity contribution in [2.24, 2.45) is 10.9 Å². The van der Waals surface area contributed by atoms with Gasteiger partial charge in [-0.2, -0.15) is 0 Å². The summed E-state index contributed by atoms with van der Waals surface area (Å²) in [5.41, 5.74) is 11.2. The van der Waals surface area contributed by atoms with Crippen LogP contribution in [0.15, 0.2) is 17.3 Å². The number of rotatable bonds is 2. The standard InChI is InChI=1S/C8H12N6O2/c1-11-8(15)13-6-3-4(7(10)14-16)2-5(9)12-6/h2-3,16H,1H3,(H2,10,14)(H4,9,11,12,13,15). The molecule has 0 bridgehead atoms. The maximum Gasteiger partial charge on any atom is 0.320 e. The number of carbonyl (C=O) groups excluding carboxylic acids is 1. The van der Waals surface area contributed by atoms with Crippen molar-refractivity contribution in [1.29, 1.82) is 0 Å². The molecule has 7 N–H and O–H groups in total. The lowest BCUT2D eigenvalue weighted by atomic mass is 10.2. The highest BCUT2D eigenvalue weighted by atomic mass is 16.4. The van der Waals surface area contributed by atoms with E-state index < -0.39 is 6.03 Å². The Hall–Kier alpha value is -2.51. The van der Waals surface area contributed by atoms with Crippen LogP contribution in [0.5, 0.6) is 0 Å². The first-order valence-corrected chi connectivity index (χ1v) is 4.31. The van der Waals surface area contributed by atoms with Crippen molar-refractivity contribution in [2.45, 2.75) is 0 Å². The Balaban J connectivity index is 3.03. The molecule has 86 valence electrons. The second kappa shape index (κ2) is 4.82. The number of hydrogen-bond donors (Lipinski definition) is 5. The summed E-state index contributed by atoms with van der Waals surface area (Å²) in [7, 11) is 1.46. The molecule has 0 aliphatic heterocycles. The van der Waals surface area contributed by atoms with Crippen LogP contribution in [0.1, 0.15) is 5.56 Å². The number of pyridine rings is 1. The van der Waals surface area contributed by atoms with Crippen LogP contribution in [0.2, 0.25) is 0 Å². The highest BCUT2D eigenvalue weighted by molar-refractivity contribution is 5.99. The van der Waals surface area contributed by atoms with E-state index >= 15 is 0 Å². The van der Waals surface area contributed by atoms with Crippen LogP contribution < -0.4 is 22.1 Å². The Kier molecular flexibility index (Phi) is 3.49. The highest BCUT2D eigenvalue weighted by Crippen LogP contribution is 2.11. The molecule has 1 heterocycles. The Bertz CT molecular complexity index is 431. The number of nitrogens with zero attached hydrogens (tertiary/aromatic N) is 2. The average Bonchev–Trinajstić information content (AvgIpc) is 2.27. The second-order valence-electron chi connectivity index (χ2n) is 2.86. The third-order valence-electron chi connectivity index (χ3n) is 1.72. The molecular weight excluding hydrogens is 212 g/mol. The van der Waals surface area contributed by atoms with Crippen molar-refractivity contribution >= 4 is 23.5 Å². The maximum atomic E-state index is 11.0. The zero-order valence-corrected chi connectivity index (χ0v) is 8.56. The van der Waals surface area contributed by atoms with E-state index in [9.17, 15) is 4.79 Å². The van der Waals surface area contributed by atoms with Crippen molar-refractivity contribution in [3.63, 3.8) is 0 Å². The van der Waals surface area contributed by atoms with Gasteiger partial charge in [-0.25, -0.2) is 9.78 Å². The van der Waals surface area contributed by atoms with E-state index in [0.717, 1.165) is 0 Å². The smallest absolute Gasteiger partial charge is 0.320 e. The van der Waals surface area contributed by atoms with Gasteiger partial charge >= 0.3 is 6.03 Å². The van der Waals surface area contributed by atoms with Crippen molar-refractivity contribution in [3.05, 3.63) is 17.7 Å². The molecule has 1 aromatic rings. The quantitative estimate of drug-likeness (QED) is 0.199. The van der Waals surface area contributed by atoms with E-state index in [0.29, 0.717) is 5.56 Å². The Morgan fingerprint density at radius 1 is 1.56 bits per heavy atom. The molecule has 0 atom stereocenters. The van der Waals surface area contributed by atoms with Gasteiger partial charge in [0.25, 0.3) is 0 Å². The summed E-state index contributed by atoms with van der Waals surface area (Å²) in [6, 6.07) is 2.41. The first-order chi connectivity index (χ1) is 7.56. The first kappa shape index (κ1) is 11.6. The van der Waals surface area contributed by atoms with Crippen LogP contribution >= 0.6 is 0 Å². The molecule has 0 saturated carbocycles. The molecule has 1 rings (SSSR count). The molecule has 1 aromatic heterocycles. The number of hydrogen-bond acceptors (Lipinski definition) is 5. The third-order valence-corrected chi connectivity index (χ3v) is 1.72. The first-order valence-electron chi connectivity index (χ1n) is 4.31. The predicted molar refractivity (Wildman–Crippen MR) is 59.2 cm³/mol. The van der Waals surface area contributed by atoms with E-state index in [-0.39, 0.29) is 17.5 Å². The lowest BCUT2D eigenvalue weighted by Gasteiger charge is -2.06. The number of carbonyl (C=O) groups is 1. The van der Waals surface area contributed by atoms with Gasteiger partial charge in [0.2, 0.25) is 0 Å². The largest absolute Gasteiger partial charge is 0.409 e. The van der Waals surface area contributed by atoms with Crippen molar-refractivity contribution < 1.29 is 10.0 Å². The van der Waals surface area contributed by atoms with E-state index in [1.807, 2.05) is 0 Å². The Morgan fingerprint density at radius 2 is 2.25 bits per heavy atom. The molecule has 0 fully saturated rings. The number of nitrogens with two attached hydrogens (primary N) is 2. The zero-order valence-electron chi connectivity index (χ0n) is 8.56. The minimum Gasteiger partial charge on any atom is -0.409 e. The summed E-state index contributed by atoms with van der Waals surface area (Å²) in [6.07, 6.45) is 0. The van der Waals surface area contributed by atoms with Crippen molar-refractivity contribution in [3.8, 4) is 0 Å². The van der Waals surface area contributed by atoms with Gasteiger partial charge in [-0.1, -0.05) is 5.16 Å². The lowest BCUT2D eigenvalue weighted by molar-refractivity contribution is 0.254. The molecule has 0 aliphatic carbocycles. The minimum absolute atomic E-state index is 0.117. The fourth-order valence-electron chi connectivity index (χ4n) is 1.00. The number of nitrogen functional groups attached to an aromatic ring is 1. The van der Waals surface area contributed by atoms with E-state index in [4.69, 9.17) is 16.7 Å². The van der Waals surface area contributed by atoms with Crippen molar-refractivity contribution in [1.82, 2.24) is 10.3 Å². The minimum atomic E-state index is -0.441. The molecule has 8 heteroatoms. The Labute approximate surface area is 91.3 Å². The number of amidine groups is 1. The number of anilines is 2. The van der Waals surface area contributed by atoms with E-state index in [2.05, 4.69) is 20.8 Å². The molecule has 0 spiro atoms. The monoisotopic (exact) mass is 224 g/mol. The molecular formula is C8H12N6O2. The van der Waals surface area contributed by atoms with Crippen molar-refractivity contribution in [2.75, 3.05) is 18.1 Å². The van der Waals surface area contributed by atoms with E-state index in [1.165, 1.54) is 19.2 Å². The van der Waals surface area contributed by atoms with Crippen LogP contribution in [-0.4, -0.2) is 29.1 Å². The molecule has 16 heavy (non-hydrogen) atoms. The van der Waals surface area contributed by atoms with Crippen LogP contribution in [0.25, 0.3) is 0 Å². The summed E-state index contributed by atoms with van der Waals surface area (Å²) in [5.74, 6) is 0.241. The summed E-state index contributed by atoms with van der Waals surface area (Å²) >= 11 is 0. The molecule has 0 unspecified atom stereocenters. The van der Waals surface area contributed by atoms with E-state index in [1.54, 1.807) is 0 Å². The van der Waals surface area contributed by atoms with Gasteiger partial charge in [0.1, 0.15) is 11.6 Å². The SMILES string of the molecule is CNC(=O)Nc1cc(C(N)=NO)cc(N)n1. The predicted octanol–water partition coefficient (Wildman–Crippen LogP) is -0.490. The van der Waals surface area contributed by atoms with Crippen LogP contribution in [0, 0.1) is 0 Å². The Morgan fingerprint density at radius 3 is 2.81 bits per heavy atom. The van der Waals surface area contributed by atoms with Gasteiger partial charge in [0.15, 0.2) is 5.84 Å². The topological polar surface area (TPSA) is 139 Å². The molecule has 0 radical (unpaired) electrons. The van der Waals surface area contributed by atoms with Gasteiger partial charge in [-0.15, -0.1) is 0 Å². The molecule has 8 nitrogen and oxygen atoms in total. The maximum absolute atomic E-state index is 11.0. The summed E-state index contributed by atoms with van der Waals surface area (Å²) < 4.78 is 0. The molecule has 0 aromatic carbocycles. The normalized spacial score (nSPS) is 10.9. The fraction of sp³-hybridized carbons (Fsp3) is 0.125. The fourth-order valence-corrected chi connectivity index (χ4v) is 1.00.